The highest BCUT2D eigenvalue weighted by Gasteiger charge is 2.10. The van der Waals surface area contributed by atoms with Crippen LogP contribution >= 0.6 is 31.9 Å². The van der Waals surface area contributed by atoms with E-state index in [0.717, 1.165) is 10.0 Å². The number of aryl methyl sites for hydroxylation is 1. The van der Waals surface area contributed by atoms with Crippen molar-refractivity contribution >= 4 is 37.8 Å². The minimum absolute atomic E-state index is 0.159. The number of ether oxygens (including phenoxy) is 1. The minimum atomic E-state index is -1.00. The van der Waals surface area contributed by atoms with E-state index in [2.05, 4.69) is 36.8 Å². The average Bonchev–Trinajstić information content (AvgIpc) is 2.36. The fourth-order valence-corrected chi connectivity index (χ4v) is 1.94. The number of pyridine rings is 1. The lowest BCUT2D eigenvalue weighted by atomic mass is 10.2. The van der Waals surface area contributed by atoms with E-state index in [1.54, 1.807) is 18.3 Å². The van der Waals surface area contributed by atoms with Crippen LogP contribution < -0.4 is 4.74 Å². The van der Waals surface area contributed by atoms with Gasteiger partial charge in [-0.3, -0.25) is 0 Å². The van der Waals surface area contributed by atoms with Gasteiger partial charge in [0, 0.05) is 16.7 Å². The van der Waals surface area contributed by atoms with E-state index in [1.807, 2.05) is 6.92 Å². The predicted octanol–water partition coefficient (Wildman–Crippen LogP) is 4.41. The molecule has 19 heavy (non-hydrogen) atoms. The number of carbonyl (C=O) groups is 1. The molecule has 0 bridgehead atoms. The van der Waals surface area contributed by atoms with E-state index in [-0.39, 0.29) is 5.56 Å². The molecule has 0 fully saturated rings. The smallest absolute Gasteiger partial charge is 0.335 e. The maximum atomic E-state index is 10.9. The van der Waals surface area contributed by atoms with Crippen LogP contribution in [0.4, 0.5) is 0 Å². The SMILES string of the molecule is Cc1cc(Oc2cc(C(=O)O)ccc2Br)ncc1Br. The van der Waals surface area contributed by atoms with Gasteiger partial charge in [-0.25, -0.2) is 9.78 Å². The third kappa shape index (κ3) is 3.33. The van der Waals surface area contributed by atoms with Crippen LogP contribution in [0.1, 0.15) is 15.9 Å². The van der Waals surface area contributed by atoms with Crippen molar-refractivity contribution in [1.82, 2.24) is 4.98 Å². The van der Waals surface area contributed by atoms with E-state index in [0.29, 0.717) is 16.1 Å². The fraction of sp³-hybridized carbons (Fsp3) is 0.0769. The number of carboxylic acid groups (broad SMARTS) is 1. The standard InChI is InChI=1S/C13H9Br2NO3/c1-7-4-12(16-6-10(7)15)19-11-5-8(13(17)18)2-3-9(11)14/h2-6H,1H3,(H,17,18). The normalized spacial score (nSPS) is 10.3. The summed E-state index contributed by atoms with van der Waals surface area (Å²) in [6.07, 6.45) is 1.64. The molecule has 0 saturated carbocycles. The second-order valence-electron chi connectivity index (χ2n) is 3.82. The summed E-state index contributed by atoms with van der Waals surface area (Å²) in [5, 5.41) is 8.95. The molecule has 1 aromatic carbocycles. The largest absolute Gasteiger partial charge is 0.478 e. The highest BCUT2D eigenvalue weighted by molar-refractivity contribution is 9.10. The maximum absolute atomic E-state index is 10.9. The topological polar surface area (TPSA) is 59.4 Å². The Bertz CT molecular complexity index is 644. The molecule has 0 atom stereocenters. The summed E-state index contributed by atoms with van der Waals surface area (Å²) in [5.74, 6) is -0.185. The average molecular weight is 387 g/mol. The van der Waals surface area contributed by atoms with Crippen molar-refractivity contribution in [2.75, 3.05) is 0 Å². The summed E-state index contributed by atoms with van der Waals surface area (Å²) in [6.45, 7) is 1.92. The van der Waals surface area contributed by atoms with Crippen LogP contribution in [0.3, 0.4) is 0 Å². The fourth-order valence-electron chi connectivity index (χ4n) is 1.40. The Morgan fingerprint density at radius 3 is 2.63 bits per heavy atom. The van der Waals surface area contributed by atoms with E-state index in [4.69, 9.17) is 9.84 Å². The van der Waals surface area contributed by atoms with Gasteiger partial charge < -0.3 is 9.84 Å². The highest BCUT2D eigenvalue weighted by atomic mass is 79.9. The number of nitrogens with zero attached hydrogens (tertiary/aromatic N) is 1. The van der Waals surface area contributed by atoms with E-state index in [9.17, 15) is 4.79 Å². The monoisotopic (exact) mass is 385 g/mol. The molecule has 0 spiro atoms. The number of hydrogen-bond donors (Lipinski definition) is 1. The zero-order valence-electron chi connectivity index (χ0n) is 9.85. The molecule has 1 heterocycles. The quantitative estimate of drug-likeness (QED) is 0.848. The molecule has 1 aromatic heterocycles. The third-order valence-electron chi connectivity index (χ3n) is 2.41. The summed E-state index contributed by atoms with van der Waals surface area (Å²) in [5.41, 5.74) is 1.14. The van der Waals surface area contributed by atoms with Crippen LogP contribution in [0.2, 0.25) is 0 Å². The number of rotatable bonds is 3. The number of aromatic nitrogens is 1. The van der Waals surface area contributed by atoms with Crippen molar-refractivity contribution in [3.63, 3.8) is 0 Å². The van der Waals surface area contributed by atoms with Gasteiger partial charge in [-0.1, -0.05) is 0 Å². The highest BCUT2D eigenvalue weighted by Crippen LogP contribution is 2.31. The first kappa shape index (κ1) is 14.0. The zero-order chi connectivity index (χ0) is 14.0. The van der Waals surface area contributed by atoms with Crippen molar-refractivity contribution in [3.05, 3.63) is 50.5 Å². The van der Waals surface area contributed by atoms with Crippen molar-refractivity contribution in [1.29, 1.82) is 0 Å². The predicted molar refractivity (Wildman–Crippen MR) is 77.8 cm³/mol. The van der Waals surface area contributed by atoms with Gasteiger partial charge in [-0.15, -0.1) is 0 Å². The molecule has 0 unspecified atom stereocenters. The van der Waals surface area contributed by atoms with E-state index >= 15 is 0 Å². The molecule has 0 aliphatic rings. The summed E-state index contributed by atoms with van der Waals surface area (Å²) >= 11 is 6.67. The zero-order valence-corrected chi connectivity index (χ0v) is 13.0. The lowest BCUT2D eigenvalue weighted by Crippen LogP contribution is -1.97. The molecule has 0 aliphatic carbocycles. The van der Waals surface area contributed by atoms with Gasteiger partial charge in [-0.2, -0.15) is 0 Å². The molecule has 2 rings (SSSR count). The maximum Gasteiger partial charge on any atom is 0.335 e. The van der Waals surface area contributed by atoms with Crippen molar-refractivity contribution in [3.8, 4) is 11.6 Å². The molecular formula is C13H9Br2NO3. The molecule has 1 N–H and O–H groups in total. The summed E-state index contributed by atoms with van der Waals surface area (Å²) in [6, 6.07) is 6.35. The number of carboxylic acids is 1. The lowest BCUT2D eigenvalue weighted by molar-refractivity contribution is 0.0696. The third-order valence-corrected chi connectivity index (χ3v) is 3.90. The first-order valence-electron chi connectivity index (χ1n) is 5.30. The van der Waals surface area contributed by atoms with Crippen LogP contribution in [0.25, 0.3) is 0 Å². The number of halogens is 2. The minimum Gasteiger partial charge on any atom is -0.478 e. The summed E-state index contributed by atoms with van der Waals surface area (Å²) < 4.78 is 7.15. The molecule has 4 nitrogen and oxygen atoms in total. The van der Waals surface area contributed by atoms with Crippen molar-refractivity contribution in [2.24, 2.45) is 0 Å². The number of benzene rings is 1. The van der Waals surface area contributed by atoms with Crippen LogP contribution in [-0.4, -0.2) is 16.1 Å². The van der Waals surface area contributed by atoms with Gasteiger partial charge >= 0.3 is 5.97 Å². The van der Waals surface area contributed by atoms with Gasteiger partial charge in [0.1, 0.15) is 5.75 Å². The molecule has 98 valence electrons. The molecule has 2 aromatic rings. The second kappa shape index (κ2) is 5.71. The molecule has 0 saturated heterocycles. The first-order valence-corrected chi connectivity index (χ1v) is 6.89. The summed E-state index contributed by atoms with van der Waals surface area (Å²) in [7, 11) is 0. The number of aromatic carboxylic acids is 1. The van der Waals surface area contributed by atoms with Crippen LogP contribution in [0, 0.1) is 6.92 Å². The van der Waals surface area contributed by atoms with E-state index in [1.165, 1.54) is 12.1 Å². The molecular weight excluding hydrogens is 378 g/mol. The Hall–Kier alpha value is -1.40. The van der Waals surface area contributed by atoms with Gasteiger partial charge in [0.2, 0.25) is 5.88 Å². The first-order chi connectivity index (χ1) is 8.97. The van der Waals surface area contributed by atoms with E-state index < -0.39 is 5.97 Å². The Morgan fingerprint density at radius 2 is 2.00 bits per heavy atom. The van der Waals surface area contributed by atoms with Gasteiger partial charge in [-0.05, 0) is 62.5 Å². The lowest BCUT2D eigenvalue weighted by Gasteiger charge is -2.08. The van der Waals surface area contributed by atoms with Crippen molar-refractivity contribution < 1.29 is 14.6 Å². The van der Waals surface area contributed by atoms with Crippen LogP contribution in [0.15, 0.2) is 39.4 Å². The molecule has 6 heteroatoms. The summed E-state index contributed by atoms with van der Waals surface area (Å²) in [4.78, 5) is 15.0. The Balaban J connectivity index is 2.34. The Morgan fingerprint density at radius 1 is 1.26 bits per heavy atom. The Labute approximate surface area is 126 Å². The van der Waals surface area contributed by atoms with Crippen molar-refractivity contribution in [2.45, 2.75) is 6.92 Å². The van der Waals surface area contributed by atoms with Gasteiger partial charge in [0.15, 0.2) is 0 Å². The van der Waals surface area contributed by atoms with Crippen LogP contribution in [-0.2, 0) is 0 Å². The van der Waals surface area contributed by atoms with Gasteiger partial charge in [0.05, 0.1) is 10.0 Å². The van der Waals surface area contributed by atoms with Gasteiger partial charge in [0.25, 0.3) is 0 Å². The molecule has 0 radical (unpaired) electrons. The van der Waals surface area contributed by atoms with Crippen LogP contribution in [0.5, 0.6) is 11.6 Å². The molecule has 0 aliphatic heterocycles. The second-order valence-corrected chi connectivity index (χ2v) is 5.53. The molecule has 0 amide bonds. The Kier molecular flexibility index (Phi) is 4.21. The number of hydrogen-bond acceptors (Lipinski definition) is 3.